The molecule has 0 bridgehead atoms. The highest BCUT2D eigenvalue weighted by Gasteiger charge is 2.06. The molecule has 0 fully saturated rings. The van der Waals surface area contributed by atoms with Gasteiger partial charge in [-0.05, 0) is 29.8 Å². The Bertz CT molecular complexity index is 797. The van der Waals surface area contributed by atoms with Crippen LogP contribution in [-0.4, -0.2) is 16.2 Å². The van der Waals surface area contributed by atoms with Gasteiger partial charge in [-0.2, -0.15) is 0 Å². The van der Waals surface area contributed by atoms with Crippen LogP contribution < -0.4 is 10.3 Å². The number of benzene rings is 1. The first kappa shape index (κ1) is 12.5. The molecule has 0 spiro atoms. The van der Waals surface area contributed by atoms with Crippen LogP contribution in [0, 0.1) is 0 Å². The highest BCUT2D eigenvalue weighted by molar-refractivity contribution is 5.78. The van der Waals surface area contributed by atoms with Crippen LogP contribution in [0.2, 0.25) is 0 Å². The fourth-order valence-electron chi connectivity index (χ4n) is 2.38. The van der Waals surface area contributed by atoms with Crippen LogP contribution >= 0.6 is 0 Å². The van der Waals surface area contributed by atoms with Crippen molar-refractivity contribution in [3.05, 3.63) is 64.7 Å². The van der Waals surface area contributed by atoms with Crippen LogP contribution in [0.1, 0.15) is 5.56 Å². The second kappa shape index (κ2) is 4.89. The lowest BCUT2D eigenvalue weighted by atomic mass is 10.2. The second-order valence-electron chi connectivity index (χ2n) is 4.83. The molecule has 4 heteroatoms. The smallest absolute Gasteiger partial charge is 0.275 e. The summed E-state index contributed by atoms with van der Waals surface area (Å²) in [7, 11) is 3.53. The molecule has 0 saturated carbocycles. The highest BCUT2D eigenvalue weighted by atomic mass is 16.5. The van der Waals surface area contributed by atoms with E-state index in [0.717, 1.165) is 22.2 Å². The van der Waals surface area contributed by atoms with Crippen LogP contribution in [0.3, 0.4) is 0 Å². The summed E-state index contributed by atoms with van der Waals surface area (Å²) in [4.78, 5) is 12.5. The lowest BCUT2D eigenvalue weighted by molar-refractivity contribution is 0.414. The Hall–Kier alpha value is -2.49. The molecule has 0 N–H and O–H groups in total. The van der Waals surface area contributed by atoms with Gasteiger partial charge in [0.1, 0.15) is 11.3 Å². The van der Waals surface area contributed by atoms with Gasteiger partial charge in [0.25, 0.3) is 5.56 Å². The van der Waals surface area contributed by atoms with E-state index in [9.17, 15) is 4.79 Å². The van der Waals surface area contributed by atoms with Crippen LogP contribution in [0.15, 0.2) is 53.6 Å². The van der Waals surface area contributed by atoms with Crippen molar-refractivity contribution in [3.8, 4) is 5.75 Å². The van der Waals surface area contributed by atoms with E-state index in [1.807, 2.05) is 60.4 Å². The van der Waals surface area contributed by atoms with Crippen molar-refractivity contribution >= 4 is 10.9 Å². The summed E-state index contributed by atoms with van der Waals surface area (Å²) in [6.45, 7) is 0.559. The number of rotatable bonds is 3. The molecule has 3 rings (SSSR count). The molecule has 2 aromatic heterocycles. The average molecular weight is 268 g/mol. The quantitative estimate of drug-likeness (QED) is 0.731. The topological polar surface area (TPSA) is 36.2 Å². The number of hydrogen-bond acceptors (Lipinski definition) is 2. The summed E-state index contributed by atoms with van der Waals surface area (Å²) < 4.78 is 8.72. The normalized spacial score (nSPS) is 10.9. The molecule has 0 radical (unpaired) electrons. The number of pyridine rings is 1. The Morgan fingerprint density at radius 2 is 1.75 bits per heavy atom. The first-order valence-electron chi connectivity index (χ1n) is 6.46. The predicted octanol–water partition coefficient (Wildman–Crippen LogP) is 2.40. The lowest BCUT2D eigenvalue weighted by Crippen LogP contribution is -2.21. The van der Waals surface area contributed by atoms with Crippen molar-refractivity contribution < 1.29 is 4.74 Å². The molecule has 102 valence electrons. The third-order valence-electron chi connectivity index (χ3n) is 3.51. The van der Waals surface area contributed by atoms with Crippen LogP contribution in [0.4, 0.5) is 0 Å². The third-order valence-corrected chi connectivity index (χ3v) is 3.51. The second-order valence-corrected chi connectivity index (χ2v) is 4.83. The Labute approximate surface area is 116 Å². The van der Waals surface area contributed by atoms with Gasteiger partial charge < -0.3 is 13.9 Å². The van der Waals surface area contributed by atoms with Crippen LogP contribution in [0.25, 0.3) is 10.9 Å². The molecular formula is C16H16N2O2. The number of aryl methyl sites for hydroxylation is 1. The van der Waals surface area contributed by atoms with E-state index in [-0.39, 0.29) is 5.56 Å². The number of ether oxygens (including phenoxy) is 1. The molecule has 0 aliphatic rings. The SMILES string of the molecule is COc1ccc(Cn2ccc3ccn(C)c3c2=O)cc1. The van der Waals surface area contributed by atoms with E-state index in [0.29, 0.717) is 6.54 Å². The number of hydrogen-bond donors (Lipinski definition) is 0. The minimum Gasteiger partial charge on any atom is -0.497 e. The summed E-state index contributed by atoms with van der Waals surface area (Å²) >= 11 is 0. The number of methoxy groups -OCH3 is 1. The molecule has 3 aromatic rings. The van der Waals surface area contributed by atoms with Crippen molar-refractivity contribution in [3.63, 3.8) is 0 Å². The average Bonchev–Trinajstić information content (AvgIpc) is 2.85. The van der Waals surface area contributed by atoms with E-state index < -0.39 is 0 Å². The maximum atomic E-state index is 12.5. The predicted molar refractivity (Wildman–Crippen MR) is 79.3 cm³/mol. The maximum Gasteiger partial charge on any atom is 0.275 e. The monoisotopic (exact) mass is 268 g/mol. The zero-order chi connectivity index (χ0) is 14.1. The number of nitrogens with zero attached hydrogens (tertiary/aromatic N) is 2. The molecule has 0 aliphatic carbocycles. The van der Waals surface area contributed by atoms with E-state index in [1.165, 1.54) is 0 Å². The van der Waals surface area contributed by atoms with Crippen LogP contribution in [-0.2, 0) is 13.6 Å². The lowest BCUT2D eigenvalue weighted by Gasteiger charge is -2.07. The highest BCUT2D eigenvalue weighted by Crippen LogP contribution is 2.13. The van der Waals surface area contributed by atoms with Gasteiger partial charge in [-0.3, -0.25) is 4.79 Å². The summed E-state index contributed by atoms with van der Waals surface area (Å²) in [5.41, 5.74) is 1.84. The standard InChI is InChI=1S/C16H16N2O2/c1-17-9-7-13-8-10-18(16(19)15(13)17)11-12-3-5-14(20-2)6-4-12/h3-10H,11H2,1-2H3. The molecular weight excluding hydrogens is 252 g/mol. The van der Waals surface area contributed by atoms with E-state index in [2.05, 4.69) is 0 Å². The fourth-order valence-corrected chi connectivity index (χ4v) is 2.38. The van der Waals surface area contributed by atoms with Gasteiger partial charge >= 0.3 is 0 Å². The summed E-state index contributed by atoms with van der Waals surface area (Å²) in [6.07, 6.45) is 3.75. The molecule has 0 aliphatic heterocycles. The van der Waals surface area contributed by atoms with E-state index in [4.69, 9.17) is 4.74 Å². The summed E-state index contributed by atoms with van der Waals surface area (Å²) in [6, 6.07) is 11.7. The minimum atomic E-state index is 0.0332. The minimum absolute atomic E-state index is 0.0332. The fraction of sp³-hybridized carbons (Fsp3) is 0.188. The van der Waals surface area contributed by atoms with Gasteiger partial charge in [0, 0.05) is 24.8 Å². The molecule has 0 atom stereocenters. The van der Waals surface area contributed by atoms with Crippen molar-refractivity contribution in [2.24, 2.45) is 7.05 Å². The van der Waals surface area contributed by atoms with Crippen LogP contribution in [0.5, 0.6) is 5.75 Å². The Morgan fingerprint density at radius 3 is 2.45 bits per heavy atom. The van der Waals surface area contributed by atoms with Gasteiger partial charge in [-0.1, -0.05) is 12.1 Å². The number of aromatic nitrogens is 2. The van der Waals surface area contributed by atoms with Gasteiger partial charge in [0.15, 0.2) is 0 Å². The Balaban J connectivity index is 1.99. The van der Waals surface area contributed by atoms with Gasteiger partial charge in [0.2, 0.25) is 0 Å². The molecule has 1 aromatic carbocycles. The Morgan fingerprint density at radius 1 is 1.05 bits per heavy atom. The largest absolute Gasteiger partial charge is 0.497 e. The maximum absolute atomic E-state index is 12.5. The third kappa shape index (κ3) is 2.09. The summed E-state index contributed by atoms with van der Waals surface area (Å²) in [5.74, 6) is 0.819. The Kier molecular flexibility index (Phi) is 3.06. The first-order valence-corrected chi connectivity index (χ1v) is 6.46. The van der Waals surface area contributed by atoms with Gasteiger partial charge in [0.05, 0.1) is 13.7 Å². The van der Waals surface area contributed by atoms with Crippen molar-refractivity contribution in [1.29, 1.82) is 0 Å². The molecule has 4 nitrogen and oxygen atoms in total. The molecule has 0 unspecified atom stereocenters. The summed E-state index contributed by atoms with van der Waals surface area (Å²) in [5, 5.41) is 0.975. The number of fused-ring (bicyclic) bond motifs is 1. The van der Waals surface area contributed by atoms with Crippen molar-refractivity contribution in [1.82, 2.24) is 9.13 Å². The van der Waals surface area contributed by atoms with Gasteiger partial charge in [-0.15, -0.1) is 0 Å². The zero-order valence-corrected chi connectivity index (χ0v) is 11.5. The van der Waals surface area contributed by atoms with Gasteiger partial charge in [-0.25, -0.2) is 0 Å². The van der Waals surface area contributed by atoms with Crippen molar-refractivity contribution in [2.75, 3.05) is 7.11 Å². The first-order chi connectivity index (χ1) is 9.69. The molecule has 0 amide bonds. The molecule has 2 heterocycles. The molecule has 20 heavy (non-hydrogen) atoms. The zero-order valence-electron chi connectivity index (χ0n) is 11.5. The van der Waals surface area contributed by atoms with E-state index in [1.54, 1.807) is 11.7 Å². The molecule has 0 saturated heterocycles. The van der Waals surface area contributed by atoms with E-state index >= 15 is 0 Å². The van der Waals surface area contributed by atoms with Crippen molar-refractivity contribution in [2.45, 2.75) is 6.54 Å².